The number of fused-ring (bicyclic) bond motifs is 1. The summed E-state index contributed by atoms with van der Waals surface area (Å²) >= 11 is 7.73. The molecule has 2 saturated carbocycles. The van der Waals surface area contributed by atoms with Gasteiger partial charge in [-0.1, -0.05) is 17.7 Å². The van der Waals surface area contributed by atoms with Gasteiger partial charge in [-0.2, -0.15) is 0 Å². The summed E-state index contributed by atoms with van der Waals surface area (Å²) in [6.45, 7) is 3.76. The highest BCUT2D eigenvalue weighted by Gasteiger charge is 2.43. The predicted octanol–water partition coefficient (Wildman–Crippen LogP) is 6.05. The highest BCUT2D eigenvalue weighted by molar-refractivity contribution is 7.11. The number of anilines is 1. The third kappa shape index (κ3) is 6.21. The second-order valence-corrected chi connectivity index (χ2v) is 13.6. The molecule has 3 aromatic rings. The number of benzene rings is 1. The number of amides is 1. The van der Waals surface area contributed by atoms with Crippen LogP contribution in [0, 0.1) is 23.6 Å². The lowest BCUT2D eigenvalue weighted by atomic mass is 9.90. The van der Waals surface area contributed by atoms with Gasteiger partial charge in [0.15, 0.2) is 0 Å². The zero-order valence-corrected chi connectivity index (χ0v) is 24.7. The number of carbonyl (C=O) groups is 1. The molecule has 0 spiro atoms. The summed E-state index contributed by atoms with van der Waals surface area (Å²) in [7, 11) is 0. The molecule has 10 heteroatoms. The van der Waals surface area contributed by atoms with Gasteiger partial charge in [-0.05, 0) is 67.9 Å². The number of piperidine rings is 1. The van der Waals surface area contributed by atoms with Crippen LogP contribution in [0.15, 0.2) is 30.6 Å². The summed E-state index contributed by atoms with van der Waals surface area (Å²) in [6, 6.07) is 4.92. The summed E-state index contributed by atoms with van der Waals surface area (Å²) in [4.78, 5) is 31.9. The number of ether oxygens (including phenoxy) is 1. The zero-order chi connectivity index (χ0) is 27.9. The maximum absolute atomic E-state index is 14.9. The van der Waals surface area contributed by atoms with Crippen molar-refractivity contribution in [2.75, 3.05) is 31.1 Å². The van der Waals surface area contributed by atoms with Crippen LogP contribution < -0.4 is 9.64 Å². The lowest BCUT2D eigenvalue weighted by Gasteiger charge is -2.32. The van der Waals surface area contributed by atoms with E-state index in [9.17, 15) is 9.18 Å². The first-order valence-corrected chi connectivity index (χ1v) is 16.1. The Balaban J connectivity index is 0.840. The van der Waals surface area contributed by atoms with Gasteiger partial charge in [0.25, 0.3) is 0 Å². The molecule has 216 valence electrons. The van der Waals surface area contributed by atoms with Crippen LogP contribution in [0.3, 0.4) is 0 Å². The van der Waals surface area contributed by atoms with Gasteiger partial charge in [0, 0.05) is 42.9 Å². The van der Waals surface area contributed by atoms with Crippen molar-refractivity contribution in [2.24, 2.45) is 17.8 Å². The first kappa shape index (κ1) is 27.1. The van der Waals surface area contributed by atoms with E-state index in [1.807, 2.05) is 16.2 Å². The lowest BCUT2D eigenvalue weighted by Crippen LogP contribution is -2.36. The average Bonchev–Trinajstić information content (AvgIpc) is 3.92. The Morgan fingerprint density at radius 1 is 1.12 bits per heavy atom. The fraction of sp³-hybridized carbons (Fsp3) is 0.548. The van der Waals surface area contributed by atoms with E-state index < -0.39 is 0 Å². The molecule has 0 N–H and O–H groups in total. The van der Waals surface area contributed by atoms with Crippen LogP contribution in [-0.2, 0) is 24.2 Å². The summed E-state index contributed by atoms with van der Waals surface area (Å²) in [5, 5.41) is 1.79. The summed E-state index contributed by atoms with van der Waals surface area (Å²) in [6.07, 6.45) is 11.2. The number of nitrogens with zero attached hydrogens (tertiary/aromatic N) is 5. The Morgan fingerprint density at radius 3 is 2.68 bits per heavy atom. The van der Waals surface area contributed by atoms with Gasteiger partial charge < -0.3 is 14.5 Å². The average molecular weight is 596 g/mol. The summed E-state index contributed by atoms with van der Waals surface area (Å²) in [5.41, 5.74) is 1.46. The molecule has 3 fully saturated rings. The third-order valence-electron chi connectivity index (χ3n) is 9.16. The molecule has 2 atom stereocenters. The monoisotopic (exact) mass is 595 g/mol. The van der Waals surface area contributed by atoms with Gasteiger partial charge in [0.05, 0.1) is 47.7 Å². The first-order valence-electron chi connectivity index (χ1n) is 14.9. The van der Waals surface area contributed by atoms with Crippen LogP contribution in [-0.4, -0.2) is 52.0 Å². The van der Waals surface area contributed by atoms with E-state index in [2.05, 4.69) is 14.9 Å². The van der Waals surface area contributed by atoms with Crippen LogP contribution in [0.1, 0.15) is 65.6 Å². The number of halogens is 2. The number of thiazole rings is 1. The Bertz CT molecular complexity index is 1410. The second kappa shape index (κ2) is 11.5. The van der Waals surface area contributed by atoms with E-state index >= 15 is 0 Å². The lowest BCUT2D eigenvalue weighted by molar-refractivity contribution is -0.131. The highest BCUT2D eigenvalue weighted by atomic mass is 35.5. The van der Waals surface area contributed by atoms with E-state index in [0.717, 1.165) is 62.3 Å². The molecule has 2 unspecified atom stereocenters. The van der Waals surface area contributed by atoms with E-state index in [0.29, 0.717) is 47.9 Å². The van der Waals surface area contributed by atoms with Crippen molar-refractivity contribution in [1.82, 2.24) is 19.9 Å². The number of rotatable bonds is 9. The summed E-state index contributed by atoms with van der Waals surface area (Å²) < 4.78 is 20.8. The molecule has 2 aliphatic heterocycles. The van der Waals surface area contributed by atoms with Gasteiger partial charge in [0.1, 0.15) is 11.6 Å². The van der Waals surface area contributed by atoms with E-state index in [4.69, 9.17) is 21.3 Å². The van der Waals surface area contributed by atoms with Crippen molar-refractivity contribution in [3.8, 4) is 5.75 Å². The molecule has 2 aromatic heterocycles. The SMILES string of the molecule is O=C(Cc1ccc(OCCC2CC2C2CCN(c3ncc(Cl)cn3)CC2)cc1F)N1CCc2sc(C3CC3)nc2C1. The van der Waals surface area contributed by atoms with E-state index in [1.54, 1.807) is 24.5 Å². The van der Waals surface area contributed by atoms with E-state index in [-0.39, 0.29) is 18.1 Å². The van der Waals surface area contributed by atoms with Gasteiger partial charge in [-0.25, -0.2) is 19.3 Å². The van der Waals surface area contributed by atoms with Crippen LogP contribution in [0.25, 0.3) is 0 Å². The van der Waals surface area contributed by atoms with Crippen molar-refractivity contribution in [2.45, 2.75) is 63.8 Å². The Labute approximate surface area is 249 Å². The molecule has 4 heterocycles. The molecular formula is C31H35ClFN5O2S. The van der Waals surface area contributed by atoms with Crippen molar-refractivity contribution in [3.63, 3.8) is 0 Å². The van der Waals surface area contributed by atoms with Crippen molar-refractivity contribution in [1.29, 1.82) is 0 Å². The molecule has 41 heavy (non-hydrogen) atoms. The van der Waals surface area contributed by atoms with Crippen molar-refractivity contribution >= 4 is 34.8 Å². The number of aromatic nitrogens is 3. The quantitative estimate of drug-likeness (QED) is 0.300. The van der Waals surface area contributed by atoms with Gasteiger partial charge in [-0.3, -0.25) is 4.79 Å². The highest BCUT2D eigenvalue weighted by Crippen LogP contribution is 2.50. The normalized spacial score (nSPS) is 22.5. The first-order chi connectivity index (χ1) is 20.0. The van der Waals surface area contributed by atoms with Gasteiger partial charge in [0.2, 0.25) is 11.9 Å². The molecule has 1 saturated heterocycles. The molecule has 7 nitrogen and oxygen atoms in total. The second-order valence-electron chi connectivity index (χ2n) is 12.0. The molecular weight excluding hydrogens is 561 g/mol. The van der Waals surface area contributed by atoms with E-state index in [1.165, 1.54) is 35.2 Å². The maximum Gasteiger partial charge on any atom is 0.227 e. The molecule has 1 aromatic carbocycles. The topological polar surface area (TPSA) is 71.5 Å². The van der Waals surface area contributed by atoms with Gasteiger partial charge >= 0.3 is 0 Å². The zero-order valence-electron chi connectivity index (χ0n) is 23.1. The minimum absolute atomic E-state index is 0.0458. The standard InChI is InChI=1S/C31H35ClFN5O2S/c32-23-16-34-31(35-17-23)37-9-5-19(6-10-37)25-13-21(25)8-12-40-24-4-3-22(26(33)15-24)14-29(39)38-11-7-28-27(18-38)36-30(41-28)20-1-2-20/h3-4,15-17,19-21,25H,1-2,5-14,18H2. The van der Waals surface area contributed by atoms with Crippen LogP contribution in [0.5, 0.6) is 5.75 Å². The Hall–Kier alpha value is -2.78. The number of hydrogen-bond acceptors (Lipinski definition) is 7. The predicted molar refractivity (Wildman–Crippen MR) is 157 cm³/mol. The van der Waals surface area contributed by atoms with Crippen LogP contribution in [0.4, 0.5) is 10.3 Å². The Morgan fingerprint density at radius 2 is 1.93 bits per heavy atom. The van der Waals surface area contributed by atoms with Gasteiger partial charge in [-0.15, -0.1) is 11.3 Å². The fourth-order valence-corrected chi connectivity index (χ4v) is 7.81. The third-order valence-corrected chi connectivity index (χ3v) is 10.7. The van der Waals surface area contributed by atoms with Crippen molar-refractivity contribution in [3.05, 3.63) is 62.6 Å². The fourth-order valence-electron chi connectivity index (χ4n) is 6.48. The van der Waals surface area contributed by atoms with Crippen LogP contribution >= 0.6 is 22.9 Å². The number of carbonyl (C=O) groups excluding carboxylic acids is 1. The number of hydrogen-bond donors (Lipinski definition) is 0. The molecule has 2 aliphatic carbocycles. The smallest absolute Gasteiger partial charge is 0.227 e. The van der Waals surface area contributed by atoms with Crippen molar-refractivity contribution < 1.29 is 13.9 Å². The summed E-state index contributed by atoms with van der Waals surface area (Å²) in [5.74, 6) is 3.69. The molecule has 0 bridgehead atoms. The van der Waals surface area contributed by atoms with Crippen LogP contribution in [0.2, 0.25) is 5.02 Å². The molecule has 0 radical (unpaired) electrons. The minimum atomic E-state index is -0.376. The Kier molecular flexibility index (Phi) is 7.58. The minimum Gasteiger partial charge on any atom is -0.493 e. The molecule has 1 amide bonds. The largest absolute Gasteiger partial charge is 0.493 e. The maximum atomic E-state index is 14.9. The molecule has 4 aliphatic rings. The molecule has 7 rings (SSSR count).